The molecule has 1 fully saturated rings. The number of nitrogens with zero attached hydrogens (tertiary/aromatic N) is 1. The summed E-state index contributed by atoms with van der Waals surface area (Å²) in [5.41, 5.74) is 3.03. The van der Waals surface area contributed by atoms with E-state index in [4.69, 9.17) is 0 Å². The summed E-state index contributed by atoms with van der Waals surface area (Å²) >= 11 is 0. The Labute approximate surface area is 97.5 Å². The van der Waals surface area contributed by atoms with Gasteiger partial charge in [0.25, 0.3) is 0 Å². The topological polar surface area (TPSA) is 24.9 Å². The van der Waals surface area contributed by atoms with Gasteiger partial charge in [-0.25, -0.2) is 4.98 Å². The van der Waals surface area contributed by atoms with Gasteiger partial charge in [-0.15, -0.1) is 0 Å². The van der Waals surface area contributed by atoms with Crippen LogP contribution in [-0.2, 0) is 12.8 Å². The van der Waals surface area contributed by atoms with Crippen LogP contribution in [0.1, 0.15) is 43.7 Å². The molecule has 1 aliphatic carbocycles. The summed E-state index contributed by atoms with van der Waals surface area (Å²) in [6.45, 7) is 2.25. The van der Waals surface area contributed by atoms with Gasteiger partial charge < -0.3 is 5.32 Å². The van der Waals surface area contributed by atoms with Crippen LogP contribution >= 0.6 is 0 Å². The third-order valence-electron chi connectivity index (χ3n) is 4.12. The Kier molecular flexibility index (Phi) is 2.58. The third kappa shape index (κ3) is 1.60. The lowest BCUT2D eigenvalue weighted by molar-refractivity contribution is 0.481. The van der Waals surface area contributed by atoms with Crippen molar-refractivity contribution in [3.05, 3.63) is 23.4 Å². The van der Waals surface area contributed by atoms with Crippen molar-refractivity contribution in [1.82, 2.24) is 4.98 Å². The monoisotopic (exact) mass is 216 g/mol. The van der Waals surface area contributed by atoms with Gasteiger partial charge in [-0.3, -0.25) is 0 Å². The zero-order valence-corrected chi connectivity index (χ0v) is 10.00. The first-order chi connectivity index (χ1) is 7.88. The molecular weight excluding hydrogens is 196 g/mol. The Balaban J connectivity index is 1.94. The zero-order chi connectivity index (χ0) is 11.0. The molecule has 2 aliphatic rings. The number of aromatic nitrogens is 1. The molecule has 1 aliphatic heterocycles. The quantitative estimate of drug-likeness (QED) is 0.821. The van der Waals surface area contributed by atoms with E-state index >= 15 is 0 Å². The number of fused-ring (bicyclic) bond motifs is 2. The first kappa shape index (κ1) is 10.1. The molecule has 0 amide bonds. The first-order valence-corrected chi connectivity index (χ1v) is 6.61. The largest absolute Gasteiger partial charge is 0.367 e. The van der Waals surface area contributed by atoms with Crippen molar-refractivity contribution in [3.8, 4) is 0 Å². The number of hydrogen-bond donors (Lipinski definition) is 1. The predicted molar refractivity (Wildman–Crippen MR) is 66.7 cm³/mol. The van der Waals surface area contributed by atoms with Gasteiger partial charge in [-0.2, -0.15) is 0 Å². The molecule has 0 saturated heterocycles. The smallest absolute Gasteiger partial charge is 0.129 e. The fraction of sp³-hybridized carbons (Fsp3) is 0.643. The second kappa shape index (κ2) is 4.08. The molecule has 0 aromatic carbocycles. The highest BCUT2D eigenvalue weighted by atomic mass is 15.0. The summed E-state index contributed by atoms with van der Waals surface area (Å²) in [6, 6.07) is 2.91. The molecule has 0 spiro atoms. The molecule has 1 N–H and O–H groups in total. The fourth-order valence-corrected chi connectivity index (χ4v) is 3.30. The van der Waals surface area contributed by atoms with E-state index in [1.165, 1.54) is 55.5 Å². The van der Waals surface area contributed by atoms with Crippen LogP contribution < -0.4 is 5.32 Å². The van der Waals surface area contributed by atoms with Crippen LogP contribution in [0.2, 0.25) is 0 Å². The number of anilines is 1. The van der Waals surface area contributed by atoms with Gasteiger partial charge >= 0.3 is 0 Å². The minimum atomic E-state index is 0.705. The van der Waals surface area contributed by atoms with Crippen molar-refractivity contribution < 1.29 is 0 Å². The van der Waals surface area contributed by atoms with Crippen LogP contribution in [0.4, 0.5) is 5.82 Å². The van der Waals surface area contributed by atoms with E-state index in [0.29, 0.717) is 6.04 Å². The highest BCUT2D eigenvalue weighted by molar-refractivity contribution is 5.52. The van der Waals surface area contributed by atoms with Crippen LogP contribution in [0, 0.1) is 5.92 Å². The molecule has 3 rings (SSSR count). The molecule has 1 saturated carbocycles. The van der Waals surface area contributed by atoms with E-state index in [9.17, 15) is 0 Å². The summed E-state index contributed by atoms with van der Waals surface area (Å²) < 4.78 is 0. The minimum absolute atomic E-state index is 0.705. The molecule has 16 heavy (non-hydrogen) atoms. The number of aryl methyl sites for hydroxylation is 1. The normalized spacial score (nSPS) is 27.1. The van der Waals surface area contributed by atoms with Crippen molar-refractivity contribution in [1.29, 1.82) is 0 Å². The average molecular weight is 216 g/mol. The molecule has 0 radical (unpaired) electrons. The van der Waals surface area contributed by atoms with Crippen LogP contribution in [0.5, 0.6) is 0 Å². The number of nitrogens with one attached hydrogen (secondary N) is 1. The summed E-state index contributed by atoms with van der Waals surface area (Å²) in [5, 5.41) is 3.65. The third-order valence-corrected chi connectivity index (χ3v) is 4.12. The lowest BCUT2D eigenvalue weighted by atomic mass is 9.88. The van der Waals surface area contributed by atoms with Crippen LogP contribution in [-0.4, -0.2) is 11.0 Å². The predicted octanol–water partition coefficient (Wildman–Crippen LogP) is 3.17. The Bertz CT molecular complexity index is 386. The molecule has 0 bridgehead atoms. The maximum Gasteiger partial charge on any atom is 0.129 e. The van der Waals surface area contributed by atoms with Gasteiger partial charge in [-0.1, -0.05) is 19.8 Å². The second-order valence-electron chi connectivity index (χ2n) is 5.19. The van der Waals surface area contributed by atoms with Crippen molar-refractivity contribution in [2.75, 3.05) is 5.32 Å². The van der Waals surface area contributed by atoms with E-state index in [0.717, 1.165) is 5.92 Å². The standard InChI is InChI=1S/C14H20N2/c1-2-4-10-7-8-15-14-12(10)9-11-5-3-6-13(11)16-14/h7-8,11,13H,2-6,9H2,1H3,(H,15,16). The van der Waals surface area contributed by atoms with Gasteiger partial charge in [0.1, 0.15) is 5.82 Å². The van der Waals surface area contributed by atoms with Crippen molar-refractivity contribution in [2.24, 2.45) is 5.92 Å². The molecule has 2 unspecified atom stereocenters. The lowest BCUT2D eigenvalue weighted by Crippen LogP contribution is -2.31. The highest BCUT2D eigenvalue weighted by Gasteiger charge is 2.33. The number of rotatable bonds is 2. The lowest BCUT2D eigenvalue weighted by Gasteiger charge is -2.30. The van der Waals surface area contributed by atoms with Gasteiger partial charge in [0, 0.05) is 12.2 Å². The van der Waals surface area contributed by atoms with Crippen molar-refractivity contribution in [3.63, 3.8) is 0 Å². The first-order valence-electron chi connectivity index (χ1n) is 6.61. The Morgan fingerprint density at radius 2 is 2.38 bits per heavy atom. The summed E-state index contributed by atoms with van der Waals surface area (Å²) in [7, 11) is 0. The number of pyridine rings is 1. The van der Waals surface area contributed by atoms with Crippen molar-refractivity contribution in [2.45, 2.75) is 51.5 Å². The van der Waals surface area contributed by atoms with Gasteiger partial charge in [0.2, 0.25) is 0 Å². The van der Waals surface area contributed by atoms with E-state index in [1.54, 1.807) is 0 Å². The van der Waals surface area contributed by atoms with E-state index in [-0.39, 0.29) is 0 Å². The summed E-state index contributed by atoms with van der Waals surface area (Å²) in [4.78, 5) is 4.51. The highest BCUT2D eigenvalue weighted by Crippen LogP contribution is 2.38. The maximum atomic E-state index is 4.51. The van der Waals surface area contributed by atoms with E-state index < -0.39 is 0 Å². The fourth-order valence-electron chi connectivity index (χ4n) is 3.30. The summed E-state index contributed by atoms with van der Waals surface area (Å²) in [6.07, 6.45) is 9.78. The molecule has 2 nitrogen and oxygen atoms in total. The van der Waals surface area contributed by atoms with E-state index in [2.05, 4.69) is 23.3 Å². The van der Waals surface area contributed by atoms with E-state index in [1.807, 2.05) is 6.20 Å². The van der Waals surface area contributed by atoms with Gasteiger partial charge in [-0.05, 0) is 48.8 Å². The van der Waals surface area contributed by atoms with Crippen LogP contribution in [0.25, 0.3) is 0 Å². The Hall–Kier alpha value is -1.05. The average Bonchev–Trinajstić information content (AvgIpc) is 2.74. The SMILES string of the molecule is CCCc1ccnc2c1CC1CCCC1N2. The van der Waals surface area contributed by atoms with Gasteiger partial charge in [0.05, 0.1) is 0 Å². The molecule has 2 heteroatoms. The Morgan fingerprint density at radius 3 is 3.25 bits per heavy atom. The second-order valence-corrected chi connectivity index (χ2v) is 5.19. The van der Waals surface area contributed by atoms with Crippen LogP contribution in [0.15, 0.2) is 12.3 Å². The maximum absolute atomic E-state index is 4.51. The molecule has 86 valence electrons. The molecule has 2 atom stereocenters. The summed E-state index contributed by atoms with van der Waals surface area (Å²) in [5.74, 6) is 2.04. The molecule has 2 heterocycles. The van der Waals surface area contributed by atoms with Crippen molar-refractivity contribution >= 4 is 5.82 Å². The molecular formula is C14H20N2. The molecule has 1 aromatic rings. The zero-order valence-electron chi connectivity index (χ0n) is 10.00. The Morgan fingerprint density at radius 1 is 1.44 bits per heavy atom. The number of hydrogen-bond acceptors (Lipinski definition) is 2. The molecule has 1 aromatic heterocycles. The van der Waals surface area contributed by atoms with Gasteiger partial charge in [0.15, 0.2) is 0 Å². The minimum Gasteiger partial charge on any atom is -0.367 e. The van der Waals surface area contributed by atoms with Crippen LogP contribution in [0.3, 0.4) is 0 Å².